The summed E-state index contributed by atoms with van der Waals surface area (Å²) in [5.74, 6) is 0.925. The van der Waals surface area contributed by atoms with Crippen molar-refractivity contribution in [2.75, 3.05) is 4.90 Å². The summed E-state index contributed by atoms with van der Waals surface area (Å²) in [6.45, 7) is 6.37. The maximum Gasteiger partial charge on any atom is 0.174 e. The number of anilines is 1. The van der Waals surface area contributed by atoms with Crippen molar-refractivity contribution >= 4 is 38.9 Å². The highest BCUT2D eigenvalue weighted by Crippen LogP contribution is 2.43. The van der Waals surface area contributed by atoms with Crippen LogP contribution in [0.1, 0.15) is 40.3 Å². The van der Waals surface area contributed by atoms with Gasteiger partial charge in [-0.05, 0) is 98.7 Å². The third kappa shape index (κ3) is 3.96. The number of rotatable bonds is 4. The standard InChI is InChI=1S/C26H24BrN5S/c1-16-11-13-29-23(14-16)31-17(2)15-21(18(31)3)25-24(22-6-4-5-12-28-22)30-26(33)32(25)20-9-7-19(27)8-10-20/h4-15,24-25H,1-3H3,(H,30,33). The Morgan fingerprint density at radius 3 is 2.42 bits per heavy atom. The van der Waals surface area contributed by atoms with Gasteiger partial charge in [0.25, 0.3) is 0 Å². The zero-order chi connectivity index (χ0) is 23.1. The van der Waals surface area contributed by atoms with Gasteiger partial charge in [0.1, 0.15) is 5.82 Å². The molecule has 1 aromatic carbocycles. The van der Waals surface area contributed by atoms with Crippen LogP contribution in [0.3, 0.4) is 0 Å². The Labute approximate surface area is 207 Å². The highest BCUT2D eigenvalue weighted by Gasteiger charge is 2.42. The van der Waals surface area contributed by atoms with Gasteiger partial charge in [-0.1, -0.05) is 22.0 Å². The highest BCUT2D eigenvalue weighted by atomic mass is 79.9. The van der Waals surface area contributed by atoms with E-state index in [0.717, 1.165) is 33.1 Å². The maximum absolute atomic E-state index is 5.86. The van der Waals surface area contributed by atoms with Crippen molar-refractivity contribution in [2.45, 2.75) is 32.9 Å². The Bertz CT molecular complexity index is 1320. The van der Waals surface area contributed by atoms with E-state index in [2.05, 4.69) is 91.8 Å². The largest absolute Gasteiger partial charge is 0.351 e. The number of nitrogens with one attached hydrogen (secondary N) is 1. The van der Waals surface area contributed by atoms with Crippen LogP contribution < -0.4 is 10.2 Å². The molecule has 1 aliphatic rings. The van der Waals surface area contributed by atoms with E-state index in [0.29, 0.717) is 5.11 Å². The van der Waals surface area contributed by atoms with Crippen LogP contribution in [0.15, 0.2) is 77.5 Å². The minimum Gasteiger partial charge on any atom is -0.351 e. The van der Waals surface area contributed by atoms with Crippen LogP contribution in [0.2, 0.25) is 0 Å². The van der Waals surface area contributed by atoms with Crippen LogP contribution in [-0.4, -0.2) is 19.6 Å². The summed E-state index contributed by atoms with van der Waals surface area (Å²) in [6, 6.07) is 20.5. The molecule has 1 aliphatic heterocycles. The molecule has 7 heteroatoms. The average molecular weight is 518 g/mol. The van der Waals surface area contributed by atoms with E-state index in [4.69, 9.17) is 12.2 Å². The molecule has 2 unspecified atom stereocenters. The number of halogens is 1. The Morgan fingerprint density at radius 1 is 0.939 bits per heavy atom. The van der Waals surface area contributed by atoms with Crippen molar-refractivity contribution < 1.29 is 0 Å². The predicted molar refractivity (Wildman–Crippen MR) is 140 cm³/mol. The van der Waals surface area contributed by atoms with Crippen LogP contribution >= 0.6 is 28.1 Å². The third-order valence-corrected chi connectivity index (χ3v) is 6.97. The Balaban J connectivity index is 1.68. The SMILES string of the molecule is Cc1ccnc(-n2c(C)cc(C3C(c4ccccn4)NC(=S)N3c3ccc(Br)cc3)c2C)c1. The normalized spacial score (nSPS) is 17.9. The zero-order valence-corrected chi connectivity index (χ0v) is 21.1. The van der Waals surface area contributed by atoms with Gasteiger partial charge in [-0.15, -0.1) is 0 Å². The van der Waals surface area contributed by atoms with Gasteiger partial charge in [0.2, 0.25) is 0 Å². The van der Waals surface area contributed by atoms with E-state index in [-0.39, 0.29) is 12.1 Å². The molecule has 0 aliphatic carbocycles. The lowest BCUT2D eigenvalue weighted by molar-refractivity contribution is 0.565. The Morgan fingerprint density at radius 2 is 1.73 bits per heavy atom. The number of aromatic nitrogens is 3. The van der Waals surface area contributed by atoms with Gasteiger partial charge in [-0.3, -0.25) is 4.98 Å². The third-order valence-electron chi connectivity index (χ3n) is 6.12. The van der Waals surface area contributed by atoms with Crippen LogP contribution in [-0.2, 0) is 0 Å². The van der Waals surface area contributed by atoms with E-state index < -0.39 is 0 Å². The maximum atomic E-state index is 5.86. The molecule has 0 amide bonds. The van der Waals surface area contributed by atoms with E-state index in [1.807, 2.05) is 42.7 Å². The first kappa shape index (κ1) is 21.8. The van der Waals surface area contributed by atoms with Crippen LogP contribution in [0.25, 0.3) is 5.82 Å². The lowest BCUT2D eigenvalue weighted by atomic mass is 9.96. The van der Waals surface area contributed by atoms with Crippen molar-refractivity contribution in [3.8, 4) is 5.82 Å². The van der Waals surface area contributed by atoms with Gasteiger partial charge >= 0.3 is 0 Å². The molecule has 3 aromatic heterocycles. The quantitative estimate of drug-likeness (QED) is 0.329. The lowest BCUT2D eigenvalue weighted by Gasteiger charge is -2.28. The van der Waals surface area contributed by atoms with Crippen LogP contribution in [0.5, 0.6) is 0 Å². The number of aryl methyl sites for hydroxylation is 2. The monoisotopic (exact) mass is 517 g/mol. The summed E-state index contributed by atoms with van der Waals surface area (Å²) in [5.41, 5.74) is 6.65. The van der Waals surface area contributed by atoms with Crippen molar-refractivity contribution in [2.24, 2.45) is 0 Å². The number of benzene rings is 1. The fourth-order valence-electron chi connectivity index (χ4n) is 4.63. The zero-order valence-electron chi connectivity index (χ0n) is 18.7. The molecular formula is C26H24BrN5S. The number of hydrogen-bond acceptors (Lipinski definition) is 3. The van der Waals surface area contributed by atoms with Crippen LogP contribution in [0, 0.1) is 20.8 Å². The predicted octanol–water partition coefficient (Wildman–Crippen LogP) is 6.13. The fraction of sp³-hybridized carbons (Fsp3) is 0.192. The molecular weight excluding hydrogens is 494 g/mol. The number of thiocarbonyl (C=S) groups is 1. The summed E-state index contributed by atoms with van der Waals surface area (Å²) in [4.78, 5) is 11.5. The second-order valence-corrected chi connectivity index (χ2v) is 9.63. The molecule has 166 valence electrons. The van der Waals surface area contributed by atoms with Gasteiger partial charge in [-0.2, -0.15) is 0 Å². The lowest BCUT2D eigenvalue weighted by Crippen LogP contribution is -2.29. The van der Waals surface area contributed by atoms with Gasteiger partial charge in [0.15, 0.2) is 5.11 Å². The molecule has 0 radical (unpaired) electrons. The minimum absolute atomic E-state index is 0.0571. The van der Waals surface area contributed by atoms with Gasteiger partial charge in [0, 0.05) is 33.9 Å². The second kappa shape index (κ2) is 8.72. The van der Waals surface area contributed by atoms with Gasteiger partial charge in [-0.25, -0.2) is 4.98 Å². The first-order valence-electron chi connectivity index (χ1n) is 10.8. The van der Waals surface area contributed by atoms with Crippen molar-refractivity contribution in [3.63, 3.8) is 0 Å². The molecule has 4 heterocycles. The Hall–Kier alpha value is -3.03. The summed E-state index contributed by atoms with van der Waals surface area (Å²) < 4.78 is 3.25. The molecule has 2 atom stereocenters. The summed E-state index contributed by atoms with van der Waals surface area (Å²) in [7, 11) is 0. The van der Waals surface area contributed by atoms with E-state index in [9.17, 15) is 0 Å². The number of nitrogens with zero attached hydrogens (tertiary/aromatic N) is 4. The topological polar surface area (TPSA) is 46.0 Å². The minimum atomic E-state index is -0.0817. The van der Waals surface area contributed by atoms with E-state index in [1.165, 1.54) is 11.1 Å². The van der Waals surface area contributed by atoms with Crippen LogP contribution in [0.4, 0.5) is 5.69 Å². The Kier molecular flexibility index (Phi) is 5.76. The molecule has 1 fully saturated rings. The molecule has 33 heavy (non-hydrogen) atoms. The van der Waals surface area contributed by atoms with Crippen molar-refractivity contribution in [3.05, 3.63) is 106 Å². The molecule has 0 spiro atoms. The fourth-order valence-corrected chi connectivity index (χ4v) is 5.24. The number of pyridine rings is 2. The second-order valence-electron chi connectivity index (χ2n) is 8.33. The first-order chi connectivity index (χ1) is 15.9. The van der Waals surface area contributed by atoms with E-state index in [1.54, 1.807) is 0 Å². The van der Waals surface area contributed by atoms with Gasteiger partial charge < -0.3 is 14.8 Å². The molecule has 1 N–H and O–H groups in total. The highest BCUT2D eigenvalue weighted by molar-refractivity contribution is 9.10. The molecule has 0 saturated carbocycles. The van der Waals surface area contributed by atoms with Crippen molar-refractivity contribution in [1.82, 2.24) is 19.9 Å². The molecule has 5 nitrogen and oxygen atoms in total. The molecule has 1 saturated heterocycles. The summed E-state index contributed by atoms with van der Waals surface area (Å²) in [5, 5.41) is 4.24. The van der Waals surface area contributed by atoms with Crippen molar-refractivity contribution in [1.29, 1.82) is 0 Å². The molecule has 4 aromatic rings. The van der Waals surface area contributed by atoms with E-state index >= 15 is 0 Å². The first-order valence-corrected chi connectivity index (χ1v) is 12.0. The summed E-state index contributed by atoms with van der Waals surface area (Å²) >= 11 is 9.41. The van der Waals surface area contributed by atoms with Gasteiger partial charge in [0.05, 0.1) is 17.8 Å². The average Bonchev–Trinajstić information content (AvgIpc) is 3.30. The smallest absolute Gasteiger partial charge is 0.174 e. The molecule has 0 bridgehead atoms. The molecule has 5 rings (SSSR count). The summed E-state index contributed by atoms with van der Waals surface area (Å²) in [6.07, 6.45) is 3.69. The number of hydrogen-bond donors (Lipinski definition) is 1.